The van der Waals surface area contributed by atoms with Gasteiger partial charge in [-0.2, -0.15) is 0 Å². The van der Waals surface area contributed by atoms with E-state index >= 15 is 0 Å². The van der Waals surface area contributed by atoms with Crippen molar-refractivity contribution in [3.8, 4) is 0 Å². The first-order chi connectivity index (χ1) is 7.62. The van der Waals surface area contributed by atoms with Crippen LogP contribution in [-0.4, -0.2) is 44.3 Å². The van der Waals surface area contributed by atoms with Gasteiger partial charge in [-0.3, -0.25) is 0 Å². The van der Waals surface area contributed by atoms with Crippen molar-refractivity contribution in [2.45, 2.75) is 58.0 Å². The smallest absolute Gasteiger partial charge is 0.0931 e. The molecule has 4 unspecified atom stereocenters. The van der Waals surface area contributed by atoms with E-state index < -0.39 is 35.2 Å². The fraction of sp³-hybridized carbons (Fsp3) is 0.846. The van der Waals surface area contributed by atoms with Crippen LogP contribution in [0.1, 0.15) is 34.1 Å². The zero-order chi connectivity index (χ0) is 13.4. The highest BCUT2D eigenvalue weighted by atomic mass is 16.3. The second kappa shape index (κ2) is 4.69. The average Bonchev–Trinajstić information content (AvgIpc) is 2.21. The zero-order valence-electron chi connectivity index (χ0n) is 11.0. The molecule has 0 aromatic rings. The second-order valence-corrected chi connectivity index (χ2v) is 5.86. The summed E-state index contributed by atoms with van der Waals surface area (Å²) in [4.78, 5) is 0. The first-order valence-electron chi connectivity index (χ1n) is 6.08. The predicted octanol–water partition coefficient (Wildman–Crippen LogP) is 0.442. The summed E-state index contributed by atoms with van der Waals surface area (Å²) < 4.78 is 0. The van der Waals surface area contributed by atoms with Crippen LogP contribution in [0.15, 0.2) is 12.2 Å². The van der Waals surface area contributed by atoms with Crippen LogP contribution in [0.5, 0.6) is 0 Å². The van der Waals surface area contributed by atoms with Crippen LogP contribution in [0.25, 0.3) is 0 Å². The molecule has 0 bridgehead atoms. The Morgan fingerprint density at radius 2 is 1.82 bits per heavy atom. The van der Waals surface area contributed by atoms with Gasteiger partial charge in [0.2, 0.25) is 0 Å². The van der Waals surface area contributed by atoms with E-state index in [1.165, 1.54) is 6.08 Å². The summed E-state index contributed by atoms with van der Waals surface area (Å²) in [6.07, 6.45) is 0.970. The molecule has 0 saturated heterocycles. The number of aliphatic hydroxyl groups is 4. The van der Waals surface area contributed by atoms with Crippen molar-refractivity contribution in [2.75, 3.05) is 0 Å². The van der Waals surface area contributed by atoms with Gasteiger partial charge in [-0.25, -0.2) is 0 Å². The van der Waals surface area contributed by atoms with Crippen LogP contribution in [0, 0.1) is 11.3 Å². The van der Waals surface area contributed by atoms with Gasteiger partial charge in [-0.15, -0.1) is 0 Å². The van der Waals surface area contributed by atoms with Gasteiger partial charge in [0.05, 0.1) is 23.9 Å². The minimum atomic E-state index is -1.23. The Kier molecular flexibility index (Phi) is 4.04. The summed E-state index contributed by atoms with van der Waals surface area (Å²) in [7, 11) is 0. The first-order valence-corrected chi connectivity index (χ1v) is 6.08. The van der Waals surface area contributed by atoms with Crippen LogP contribution >= 0.6 is 0 Å². The van der Waals surface area contributed by atoms with Gasteiger partial charge in [0.25, 0.3) is 0 Å². The molecule has 100 valence electrons. The van der Waals surface area contributed by atoms with Crippen molar-refractivity contribution in [1.29, 1.82) is 0 Å². The molecule has 1 aliphatic rings. The Bertz CT molecular complexity index is 298. The normalized spacial score (nSPS) is 43.9. The van der Waals surface area contributed by atoms with Crippen molar-refractivity contribution in [3.63, 3.8) is 0 Å². The van der Waals surface area contributed by atoms with Crippen LogP contribution in [-0.2, 0) is 0 Å². The Morgan fingerprint density at radius 3 is 2.29 bits per heavy atom. The van der Waals surface area contributed by atoms with E-state index in [9.17, 15) is 20.4 Å². The van der Waals surface area contributed by atoms with E-state index in [4.69, 9.17) is 0 Å². The molecule has 0 spiro atoms. The first kappa shape index (κ1) is 14.6. The van der Waals surface area contributed by atoms with Gasteiger partial charge >= 0.3 is 0 Å². The lowest BCUT2D eigenvalue weighted by atomic mass is 9.58. The van der Waals surface area contributed by atoms with Crippen molar-refractivity contribution in [3.05, 3.63) is 12.2 Å². The minimum Gasteiger partial charge on any atom is -0.390 e. The molecule has 4 heteroatoms. The third-order valence-electron chi connectivity index (χ3n) is 4.03. The summed E-state index contributed by atoms with van der Waals surface area (Å²) >= 11 is 0. The Morgan fingerprint density at radius 1 is 1.29 bits per heavy atom. The SMILES string of the molecule is CC(O)/C=C/[C@@]1(O)C(C)C(O)C(O)CC1(C)C. The third kappa shape index (κ3) is 2.55. The summed E-state index contributed by atoms with van der Waals surface area (Å²) in [5.74, 6) is -0.490. The highest BCUT2D eigenvalue weighted by molar-refractivity contribution is 5.17. The molecule has 17 heavy (non-hydrogen) atoms. The Hall–Kier alpha value is -0.420. The molecule has 0 aromatic carbocycles. The van der Waals surface area contributed by atoms with E-state index in [2.05, 4.69) is 0 Å². The van der Waals surface area contributed by atoms with Gasteiger partial charge in [0.15, 0.2) is 0 Å². The molecule has 4 N–H and O–H groups in total. The maximum atomic E-state index is 10.7. The van der Waals surface area contributed by atoms with Crippen molar-refractivity contribution in [2.24, 2.45) is 11.3 Å². The molecule has 0 aliphatic heterocycles. The third-order valence-corrected chi connectivity index (χ3v) is 4.03. The maximum Gasteiger partial charge on any atom is 0.0931 e. The molecule has 1 aliphatic carbocycles. The lowest BCUT2D eigenvalue weighted by Crippen LogP contribution is -2.60. The largest absolute Gasteiger partial charge is 0.390 e. The fourth-order valence-corrected chi connectivity index (χ4v) is 2.68. The molecule has 0 aromatic heterocycles. The van der Waals surface area contributed by atoms with E-state index in [1.807, 2.05) is 13.8 Å². The maximum absolute atomic E-state index is 10.7. The van der Waals surface area contributed by atoms with Crippen molar-refractivity contribution < 1.29 is 20.4 Å². The van der Waals surface area contributed by atoms with Gasteiger partial charge < -0.3 is 20.4 Å². The lowest BCUT2D eigenvalue weighted by molar-refractivity contribution is -0.182. The topological polar surface area (TPSA) is 80.9 Å². The number of rotatable bonds is 2. The fourth-order valence-electron chi connectivity index (χ4n) is 2.68. The minimum absolute atomic E-state index is 0.319. The Labute approximate surface area is 103 Å². The van der Waals surface area contributed by atoms with Gasteiger partial charge in [-0.05, 0) is 13.3 Å². The highest BCUT2D eigenvalue weighted by Crippen LogP contribution is 2.48. The van der Waals surface area contributed by atoms with Crippen LogP contribution in [0.3, 0.4) is 0 Å². The molecular formula is C13H24O4. The predicted molar refractivity (Wildman–Crippen MR) is 65.3 cm³/mol. The zero-order valence-corrected chi connectivity index (χ0v) is 11.0. The molecule has 0 radical (unpaired) electrons. The molecule has 4 nitrogen and oxygen atoms in total. The average molecular weight is 244 g/mol. The standard InChI is InChI=1S/C13H24O4/c1-8(14)5-6-13(17)9(2)11(16)10(15)7-12(13,3)4/h5-6,8-11,14-17H,7H2,1-4H3/b6-5+/t8?,9?,10?,11?,13-/m1/s1. The molecule has 1 saturated carbocycles. The molecule has 1 fully saturated rings. The summed E-state index contributed by atoms with van der Waals surface area (Å²) in [6, 6.07) is 0. The van der Waals surface area contributed by atoms with Crippen molar-refractivity contribution >= 4 is 0 Å². The summed E-state index contributed by atoms with van der Waals surface area (Å²) in [5.41, 5.74) is -1.79. The quantitative estimate of drug-likeness (QED) is 0.531. The molecule has 0 amide bonds. The highest BCUT2D eigenvalue weighted by Gasteiger charge is 2.54. The van der Waals surface area contributed by atoms with Crippen LogP contribution < -0.4 is 0 Å². The van der Waals surface area contributed by atoms with E-state index in [1.54, 1.807) is 19.9 Å². The van der Waals surface area contributed by atoms with Crippen LogP contribution in [0.4, 0.5) is 0 Å². The number of hydrogen-bond acceptors (Lipinski definition) is 4. The second-order valence-electron chi connectivity index (χ2n) is 5.86. The lowest BCUT2D eigenvalue weighted by Gasteiger charge is -2.52. The monoisotopic (exact) mass is 244 g/mol. The summed E-state index contributed by atoms with van der Waals surface area (Å²) in [5, 5.41) is 39.6. The molecule has 0 heterocycles. The van der Waals surface area contributed by atoms with E-state index in [0.29, 0.717) is 6.42 Å². The van der Waals surface area contributed by atoms with Crippen molar-refractivity contribution in [1.82, 2.24) is 0 Å². The number of hydrogen-bond donors (Lipinski definition) is 4. The molecular weight excluding hydrogens is 220 g/mol. The van der Waals surface area contributed by atoms with E-state index in [0.717, 1.165) is 0 Å². The van der Waals surface area contributed by atoms with Gasteiger partial charge in [0.1, 0.15) is 0 Å². The number of aliphatic hydroxyl groups excluding tert-OH is 3. The summed E-state index contributed by atoms with van der Waals surface area (Å²) in [6.45, 7) is 7.02. The van der Waals surface area contributed by atoms with E-state index in [-0.39, 0.29) is 0 Å². The van der Waals surface area contributed by atoms with Gasteiger partial charge in [0, 0.05) is 11.3 Å². The Balaban J connectivity index is 3.08. The van der Waals surface area contributed by atoms with Gasteiger partial charge in [-0.1, -0.05) is 32.9 Å². The molecule has 5 atom stereocenters. The van der Waals surface area contributed by atoms with Crippen LogP contribution in [0.2, 0.25) is 0 Å². The molecule has 1 rings (SSSR count).